The maximum atomic E-state index is 12.7. The van der Waals surface area contributed by atoms with Crippen molar-refractivity contribution in [3.63, 3.8) is 0 Å². The van der Waals surface area contributed by atoms with E-state index in [1.807, 2.05) is 60.7 Å². The molecule has 686 valence electrons. The molecule has 17 rings (SSSR count). The molecule has 0 aromatic heterocycles. The Morgan fingerprint density at radius 1 is 0.354 bits per heavy atom. The summed E-state index contributed by atoms with van der Waals surface area (Å²) < 4.78 is 40.5. The minimum absolute atomic E-state index is 0.0204. The number of phenolic OH excluding ortho intramolecular Hbond substituents is 6. The van der Waals surface area contributed by atoms with E-state index < -0.39 is 58.2 Å². The van der Waals surface area contributed by atoms with Crippen molar-refractivity contribution in [3.8, 4) is 34.5 Å². The van der Waals surface area contributed by atoms with Crippen LogP contribution in [0.15, 0.2) is 222 Å². The Kier molecular flexibility index (Phi) is 33.0. The molecule has 19 heteroatoms. The Bertz CT molecular complexity index is 5340. The van der Waals surface area contributed by atoms with Gasteiger partial charge in [-0.2, -0.15) is 0 Å². The molecular formula is C111H128O19. The number of carbonyl (C=O) groups is 6. The van der Waals surface area contributed by atoms with E-state index in [9.17, 15) is 59.4 Å². The molecule has 8 aromatic rings. The zero-order chi connectivity index (χ0) is 93.6. The van der Waals surface area contributed by atoms with E-state index in [2.05, 4.69) is 80.7 Å². The molecule has 130 heavy (non-hydrogen) atoms. The standard InChI is InChI=1S/C20H20O4.C20H24O3.C20H20O3.C18H24O3.C17H22O3.C16H18O3/c1-2-15-8-9-18(21)17(14-15)19(22)24-20(10-12-23-13-11-20)16-6-4-3-5-7-16;1-3-12-4-5-18(21)17(11-12)19(22)23-20(2)15-7-13-6-14(9-15)10-16(20)8-13;1-2-15-10-11-18(21)17(14-15)19(22)23-20(12-6-7-13-20)16-8-4-3-5-9-16;1-5-13-8-9-15(19)14(12-13)16(20)21-18(17(2,3)4)10-6-7-11-18;1-3-13-8-9-15(18)14(12-13)16(19)20-17(4-2)10-6-5-7-11-17;1-3-12-7-8-14(17)13(11-12)15(18)19-16(4-2)9-5-6-10-16/h2-9,14,21H,1,10-13H2;3-5,11,13-16,21H,1,6-10H2,2H3;2-5,8-11,14,21H,1,6-7,12-13H2;5,8-9,12,19H,1,6-7,10-11H2,2-4H3;3,8-9,12,18H,1,4-7,10-11H2,2H3;3-4,7-8,11,17H,1-2,5-6,9-10H2. The molecule has 0 amide bonds. The molecule has 1 aliphatic heterocycles. The third kappa shape index (κ3) is 23.6. The Morgan fingerprint density at radius 3 is 0.969 bits per heavy atom. The lowest BCUT2D eigenvalue weighted by Gasteiger charge is -2.59. The van der Waals surface area contributed by atoms with Crippen LogP contribution < -0.4 is 0 Å². The number of carbonyl (C=O) groups excluding carboxylic acids is 6. The number of aromatic hydroxyl groups is 6. The van der Waals surface area contributed by atoms with E-state index in [1.54, 1.807) is 115 Å². The zero-order valence-electron chi connectivity index (χ0n) is 76.0. The van der Waals surface area contributed by atoms with Crippen LogP contribution in [0.1, 0.15) is 302 Å². The van der Waals surface area contributed by atoms with Crippen LogP contribution in [0.2, 0.25) is 0 Å². The topological polar surface area (TPSA) is 288 Å². The third-order valence-electron chi connectivity index (χ3n) is 27.7. The predicted molar refractivity (Wildman–Crippen MR) is 510 cm³/mol. The van der Waals surface area contributed by atoms with Gasteiger partial charge in [0.15, 0.2) is 0 Å². The number of hydrogen-bond acceptors (Lipinski definition) is 19. The van der Waals surface area contributed by atoms with Gasteiger partial charge in [-0.15, -0.1) is 0 Å². The first-order valence-corrected chi connectivity index (χ1v) is 45.7. The van der Waals surface area contributed by atoms with Gasteiger partial charge in [0.1, 0.15) is 101 Å². The Hall–Kier alpha value is -12.5. The lowest BCUT2D eigenvalue weighted by molar-refractivity contribution is -0.165. The van der Waals surface area contributed by atoms with Gasteiger partial charge in [-0.3, -0.25) is 0 Å². The second kappa shape index (κ2) is 43.8. The van der Waals surface area contributed by atoms with E-state index in [-0.39, 0.29) is 84.5 Å². The van der Waals surface area contributed by atoms with Gasteiger partial charge in [0.25, 0.3) is 0 Å². The highest BCUT2D eigenvalue weighted by Gasteiger charge is 2.57. The van der Waals surface area contributed by atoms with Gasteiger partial charge in [-0.25, -0.2) is 28.8 Å². The van der Waals surface area contributed by atoms with Gasteiger partial charge in [0.05, 0.1) is 13.2 Å². The monoisotopic (exact) mass is 1760 g/mol. The SMILES string of the molecule is C=Cc1ccc(O)c(C(=O)OC2(C(C)(C)C)CCCC2)c1.C=Cc1ccc(O)c(C(=O)OC2(C)C3CC4CC(C3)CC2C4)c1.C=Cc1ccc(O)c(C(=O)OC2(C=C)CCCC2)c1.C=Cc1ccc(O)c(C(=O)OC2(CC)CCCCC2)c1.C=Cc1ccc(O)c(C(=O)OC2(c3ccccc3)CCCC2)c1.C=Cc1ccc(O)c(C(=O)OC2(c3ccccc3)CCOCC2)c1. The van der Waals surface area contributed by atoms with Crippen LogP contribution in [-0.2, 0) is 44.4 Å². The van der Waals surface area contributed by atoms with Crippen LogP contribution in [0.3, 0.4) is 0 Å². The Morgan fingerprint density at radius 2 is 0.646 bits per heavy atom. The molecule has 8 saturated carbocycles. The summed E-state index contributed by atoms with van der Waals surface area (Å²) in [5, 5.41) is 59.6. The number of hydrogen-bond donors (Lipinski definition) is 6. The zero-order valence-corrected chi connectivity index (χ0v) is 76.0. The van der Waals surface area contributed by atoms with Crippen molar-refractivity contribution in [2.45, 2.75) is 229 Å². The largest absolute Gasteiger partial charge is 0.507 e. The summed E-state index contributed by atoms with van der Waals surface area (Å²) in [5.41, 5.74) is 4.65. The van der Waals surface area contributed by atoms with E-state index in [0.717, 1.165) is 165 Å². The molecule has 1 heterocycles. The van der Waals surface area contributed by atoms with Crippen molar-refractivity contribution in [2.75, 3.05) is 13.2 Å². The fourth-order valence-corrected chi connectivity index (χ4v) is 19.8. The molecule has 0 spiro atoms. The predicted octanol–water partition coefficient (Wildman–Crippen LogP) is 25.5. The van der Waals surface area contributed by atoms with Crippen molar-refractivity contribution in [2.24, 2.45) is 29.1 Å². The van der Waals surface area contributed by atoms with Crippen LogP contribution in [0.5, 0.6) is 34.5 Å². The summed E-state index contributed by atoms with van der Waals surface area (Å²) in [6.45, 7) is 37.4. The number of ether oxygens (including phenoxy) is 7. The van der Waals surface area contributed by atoms with Crippen molar-refractivity contribution in [1.82, 2.24) is 0 Å². The summed E-state index contributed by atoms with van der Waals surface area (Å²) in [6.07, 6.45) is 36.1. The normalized spacial score (nSPS) is 20.5. The highest BCUT2D eigenvalue weighted by atomic mass is 16.6. The lowest BCUT2D eigenvalue weighted by Crippen LogP contribution is -2.58. The first kappa shape index (κ1) is 98.1. The van der Waals surface area contributed by atoms with Gasteiger partial charge >= 0.3 is 35.8 Å². The second-order valence-electron chi connectivity index (χ2n) is 36.8. The van der Waals surface area contributed by atoms with E-state index >= 15 is 0 Å². The summed E-state index contributed by atoms with van der Waals surface area (Å²) >= 11 is 0. The molecular weight excluding hydrogens is 1640 g/mol. The first-order valence-electron chi connectivity index (χ1n) is 45.7. The van der Waals surface area contributed by atoms with Crippen molar-refractivity contribution >= 4 is 72.3 Å². The van der Waals surface area contributed by atoms with E-state index in [4.69, 9.17) is 33.2 Å². The van der Waals surface area contributed by atoms with E-state index in [1.165, 1.54) is 74.9 Å². The molecule has 1 saturated heterocycles. The fourth-order valence-electron chi connectivity index (χ4n) is 19.8. The van der Waals surface area contributed by atoms with Gasteiger partial charge in [0.2, 0.25) is 0 Å². The number of rotatable bonds is 22. The summed E-state index contributed by atoms with van der Waals surface area (Å²) in [5.74, 6) is -0.548. The Labute approximate surface area is 766 Å². The van der Waals surface area contributed by atoms with Crippen LogP contribution in [0.4, 0.5) is 0 Å². The van der Waals surface area contributed by atoms with Crippen molar-refractivity contribution in [1.29, 1.82) is 0 Å². The molecule has 4 bridgehead atoms. The first-order chi connectivity index (χ1) is 62.3. The van der Waals surface area contributed by atoms with Gasteiger partial charge in [-0.1, -0.05) is 214 Å². The molecule has 0 unspecified atom stereocenters. The molecule has 8 aromatic carbocycles. The molecule has 9 aliphatic rings. The third-order valence-corrected chi connectivity index (χ3v) is 27.7. The highest BCUT2D eigenvalue weighted by molar-refractivity contribution is 5.97. The minimum atomic E-state index is -0.729. The highest BCUT2D eigenvalue weighted by Crippen LogP contribution is 2.60. The van der Waals surface area contributed by atoms with Gasteiger partial charge < -0.3 is 63.8 Å². The molecule has 0 radical (unpaired) electrons. The molecule has 0 atom stereocenters. The summed E-state index contributed by atoms with van der Waals surface area (Å²) in [7, 11) is 0. The average Bonchev–Trinajstić information content (AvgIpc) is 0.824. The van der Waals surface area contributed by atoms with Crippen LogP contribution in [0, 0.1) is 29.1 Å². The van der Waals surface area contributed by atoms with Crippen LogP contribution >= 0.6 is 0 Å². The van der Waals surface area contributed by atoms with Gasteiger partial charge in [0, 0.05) is 18.3 Å². The second-order valence-corrected chi connectivity index (χ2v) is 36.8. The molecule has 8 aliphatic carbocycles. The fraction of sp³-hybridized carbons (Fsp3) is 0.387. The minimum Gasteiger partial charge on any atom is -0.507 e. The summed E-state index contributed by atoms with van der Waals surface area (Å²) in [6, 6.07) is 48.5. The average molecular weight is 1770 g/mol. The quantitative estimate of drug-likeness (QED) is 0.0209. The number of benzene rings is 8. The number of phenols is 6. The molecule has 19 nitrogen and oxygen atoms in total. The molecule has 6 N–H and O–H groups in total. The number of esters is 6. The summed E-state index contributed by atoms with van der Waals surface area (Å²) in [4.78, 5) is 75.2. The van der Waals surface area contributed by atoms with Gasteiger partial charge in [-0.05, 0) is 295 Å². The van der Waals surface area contributed by atoms with Crippen molar-refractivity contribution < 1.29 is 92.6 Å². The lowest BCUT2D eigenvalue weighted by atomic mass is 9.50. The maximum Gasteiger partial charge on any atom is 0.342 e. The van der Waals surface area contributed by atoms with Crippen LogP contribution in [-0.4, -0.2) is 102 Å². The maximum absolute atomic E-state index is 12.7. The Balaban J connectivity index is 0.000000151. The smallest absolute Gasteiger partial charge is 0.342 e. The van der Waals surface area contributed by atoms with E-state index in [0.29, 0.717) is 37.9 Å². The molecule has 9 fully saturated rings. The van der Waals surface area contributed by atoms with Crippen LogP contribution in [0.25, 0.3) is 36.5 Å². The van der Waals surface area contributed by atoms with Crippen molar-refractivity contribution in [3.05, 3.63) is 300 Å².